The molecule has 7 rings (SSSR count). The van der Waals surface area contributed by atoms with Crippen molar-refractivity contribution in [2.45, 2.75) is 126 Å². The van der Waals surface area contributed by atoms with E-state index in [1.54, 1.807) is 61.7 Å². The highest BCUT2D eigenvalue weighted by atomic mass is 28.4. The number of hydrogen-bond donors (Lipinski definition) is 2. The maximum atomic E-state index is 14.0. The van der Waals surface area contributed by atoms with Crippen LogP contribution in [0, 0.1) is 0 Å². The van der Waals surface area contributed by atoms with Crippen molar-refractivity contribution in [3.8, 4) is 11.5 Å². The van der Waals surface area contributed by atoms with Crippen LogP contribution in [0.15, 0.2) is 84.9 Å². The van der Waals surface area contributed by atoms with E-state index in [0.717, 1.165) is 5.56 Å². The van der Waals surface area contributed by atoms with Crippen LogP contribution in [0.5, 0.6) is 11.5 Å². The largest absolute Gasteiger partial charge is 0.497 e. The van der Waals surface area contributed by atoms with Crippen LogP contribution in [0.4, 0.5) is 0 Å². The summed E-state index contributed by atoms with van der Waals surface area (Å²) in [6.45, 7) is 14.1. The van der Waals surface area contributed by atoms with Crippen LogP contribution >= 0.6 is 0 Å². The molecule has 2 N–H and O–H groups in total. The molecule has 0 aliphatic carbocycles. The number of methoxy groups -OCH3 is 1. The molecule has 0 bridgehead atoms. The molecule has 3 aromatic carbocycles. The van der Waals surface area contributed by atoms with Crippen molar-refractivity contribution in [1.29, 1.82) is 0 Å². The normalized spacial score (nSPS) is 32.2. The van der Waals surface area contributed by atoms with E-state index in [2.05, 4.69) is 46.9 Å². The Labute approximate surface area is 340 Å². The first kappa shape index (κ1) is 42.2. The number of carbonyl (C=O) groups excluding carboxylic acids is 2. The number of rotatable bonds is 9. The monoisotopic (exact) mass is 821 g/mol. The number of nitrogens with one attached hydrogen (secondary N) is 1. The van der Waals surface area contributed by atoms with E-state index in [1.165, 1.54) is 6.92 Å². The summed E-state index contributed by atoms with van der Waals surface area (Å²) in [7, 11) is -1.66. The van der Waals surface area contributed by atoms with E-state index in [9.17, 15) is 14.7 Å². The van der Waals surface area contributed by atoms with E-state index in [-0.39, 0.29) is 13.2 Å². The van der Waals surface area contributed by atoms with Crippen LogP contribution in [-0.4, -0.2) is 107 Å². The Bertz CT molecular complexity index is 1840. The summed E-state index contributed by atoms with van der Waals surface area (Å²) in [6, 6.07) is 23.7. The summed E-state index contributed by atoms with van der Waals surface area (Å²) >= 11 is 0. The number of hydrogen-bond acceptors (Lipinski definition) is 13. The molecule has 0 saturated carbocycles. The Kier molecular flexibility index (Phi) is 12.4. The Balaban J connectivity index is 1.28. The summed E-state index contributed by atoms with van der Waals surface area (Å²) in [6.07, 6.45) is -10.4. The van der Waals surface area contributed by atoms with Gasteiger partial charge in [-0.05, 0) is 36.4 Å². The van der Waals surface area contributed by atoms with Gasteiger partial charge in [0.25, 0.3) is 0 Å². The van der Waals surface area contributed by atoms with Crippen molar-refractivity contribution in [3.05, 3.63) is 96.1 Å². The third-order valence-electron chi connectivity index (χ3n) is 11.0. The van der Waals surface area contributed by atoms with Gasteiger partial charge in [0.1, 0.15) is 54.2 Å². The molecule has 4 saturated heterocycles. The highest BCUT2D eigenvalue weighted by molar-refractivity contribution is 6.73. The SMILES string of the molecule is COc1ccc(O[C@@H]2O[C@@H]3CO[Si](C(C)(C)C)(C(C)(C)C)O[C@@H]3[C@H](O[C@@H]3O[C@@H]4CO[C@@H](c5ccccc5)O[C@H]4[C@H](O)[C@H]3NC(C)=O)[C@H]2OC(=O)c2ccccc2)cc1. The van der Waals surface area contributed by atoms with E-state index in [1.807, 2.05) is 30.3 Å². The van der Waals surface area contributed by atoms with Gasteiger partial charge >= 0.3 is 14.5 Å². The minimum absolute atomic E-state index is 0.0534. The van der Waals surface area contributed by atoms with Gasteiger partial charge in [-0.15, -0.1) is 0 Å². The molecule has 4 aliphatic heterocycles. The lowest BCUT2D eigenvalue weighted by Crippen LogP contribution is -2.74. The fourth-order valence-electron chi connectivity index (χ4n) is 8.45. The van der Waals surface area contributed by atoms with Crippen LogP contribution < -0.4 is 14.8 Å². The first-order valence-corrected chi connectivity index (χ1v) is 21.5. The quantitative estimate of drug-likeness (QED) is 0.204. The van der Waals surface area contributed by atoms with Gasteiger partial charge in [-0.3, -0.25) is 4.79 Å². The van der Waals surface area contributed by atoms with Crippen molar-refractivity contribution in [1.82, 2.24) is 5.32 Å². The molecule has 1 amide bonds. The molecule has 4 fully saturated rings. The lowest BCUT2D eigenvalue weighted by atomic mass is 9.94. The van der Waals surface area contributed by atoms with Gasteiger partial charge in [-0.25, -0.2) is 4.79 Å². The Morgan fingerprint density at radius 1 is 0.759 bits per heavy atom. The van der Waals surface area contributed by atoms with Crippen LogP contribution in [0.1, 0.15) is 70.7 Å². The van der Waals surface area contributed by atoms with Crippen LogP contribution in [0.3, 0.4) is 0 Å². The molecule has 58 heavy (non-hydrogen) atoms. The molecular formula is C43H55NO13Si. The summed E-state index contributed by atoms with van der Waals surface area (Å²) < 4.78 is 64.9. The second-order valence-electron chi connectivity index (χ2n) is 17.1. The van der Waals surface area contributed by atoms with Gasteiger partial charge in [0.05, 0.1) is 25.9 Å². The summed E-state index contributed by atoms with van der Waals surface area (Å²) in [5.41, 5.74) is 1.06. The number of aliphatic hydroxyl groups excluding tert-OH is 1. The lowest BCUT2D eigenvalue weighted by molar-refractivity contribution is -0.369. The first-order valence-electron chi connectivity index (χ1n) is 19.7. The molecule has 14 nitrogen and oxygen atoms in total. The van der Waals surface area contributed by atoms with E-state index < -0.39 is 98.2 Å². The third-order valence-corrected chi connectivity index (χ3v) is 16.1. The molecule has 3 aromatic rings. The van der Waals surface area contributed by atoms with Crippen LogP contribution in [-0.2, 0) is 42.1 Å². The zero-order valence-corrected chi connectivity index (χ0v) is 35.2. The zero-order chi connectivity index (χ0) is 41.4. The maximum absolute atomic E-state index is 14.0. The molecule has 0 unspecified atom stereocenters. The van der Waals surface area contributed by atoms with Gasteiger partial charge in [-0.2, -0.15) is 0 Å². The molecule has 4 heterocycles. The fraction of sp³-hybridized carbons (Fsp3) is 0.535. The van der Waals surface area contributed by atoms with Gasteiger partial charge in [-0.1, -0.05) is 90.1 Å². The number of carbonyl (C=O) groups is 2. The molecule has 15 heteroatoms. The third kappa shape index (κ3) is 8.55. The highest BCUT2D eigenvalue weighted by Crippen LogP contribution is 2.55. The van der Waals surface area contributed by atoms with Crippen molar-refractivity contribution in [2.24, 2.45) is 0 Å². The standard InChI is InChI=1S/C43H55NO13Si/c1-25(45)44-32-33(46)34-30(23-49-39(55-34)27-17-13-10-14-18-27)52-40(32)56-36-35-31(24-50-58(57-35,42(2,3)4)43(5,6)7)53-41(51-29-21-19-28(48-8)20-22-29)37(36)54-38(47)26-15-11-9-12-16-26/h9-22,30-37,39-41,46H,23-24H2,1-8H3,(H,44,45)/t30-,31-,32-,33-,34-,35+,36+,37-,39-,40+,41-/m1/s1. The van der Waals surface area contributed by atoms with Crippen molar-refractivity contribution in [2.75, 3.05) is 20.3 Å². The number of ether oxygens (including phenoxy) is 8. The van der Waals surface area contributed by atoms with Crippen LogP contribution in [0.2, 0.25) is 10.1 Å². The van der Waals surface area contributed by atoms with E-state index in [0.29, 0.717) is 17.1 Å². The number of esters is 1. The summed E-state index contributed by atoms with van der Waals surface area (Å²) in [5, 5.41) is 14.0. The predicted molar refractivity (Wildman–Crippen MR) is 211 cm³/mol. The van der Waals surface area contributed by atoms with Gasteiger partial charge in [0, 0.05) is 22.6 Å². The molecule has 314 valence electrons. The second kappa shape index (κ2) is 17.0. The van der Waals surface area contributed by atoms with Crippen molar-refractivity contribution >= 4 is 20.4 Å². The molecule has 11 atom stereocenters. The highest BCUT2D eigenvalue weighted by Gasteiger charge is 2.66. The minimum Gasteiger partial charge on any atom is -0.497 e. The first-order chi connectivity index (χ1) is 27.6. The van der Waals surface area contributed by atoms with Crippen molar-refractivity contribution < 1.29 is 61.4 Å². The van der Waals surface area contributed by atoms with Gasteiger partial charge in [0.15, 0.2) is 18.7 Å². The number of aliphatic hydroxyl groups is 1. The van der Waals surface area contributed by atoms with Gasteiger partial charge < -0.3 is 57.2 Å². The molecule has 0 radical (unpaired) electrons. The minimum atomic E-state index is -3.22. The molecular weight excluding hydrogens is 767 g/mol. The average molecular weight is 822 g/mol. The van der Waals surface area contributed by atoms with Crippen LogP contribution in [0.25, 0.3) is 0 Å². The summed E-state index contributed by atoms with van der Waals surface area (Å²) in [5.74, 6) is -0.0672. The molecule has 4 aliphatic rings. The molecule has 0 aromatic heterocycles. The topological polar surface area (TPSA) is 159 Å². The number of benzene rings is 3. The predicted octanol–water partition coefficient (Wildman–Crippen LogP) is 5.57. The molecule has 0 spiro atoms. The van der Waals surface area contributed by atoms with E-state index in [4.69, 9.17) is 46.7 Å². The average Bonchev–Trinajstić information content (AvgIpc) is 3.20. The zero-order valence-electron chi connectivity index (χ0n) is 34.2. The number of amides is 1. The van der Waals surface area contributed by atoms with E-state index >= 15 is 0 Å². The summed E-state index contributed by atoms with van der Waals surface area (Å²) in [4.78, 5) is 26.8. The lowest BCUT2D eigenvalue weighted by Gasteiger charge is -2.58. The Hall–Kier alpha value is -3.90. The second-order valence-corrected chi connectivity index (χ2v) is 21.9. The number of fused-ring (bicyclic) bond motifs is 2. The maximum Gasteiger partial charge on any atom is 0.349 e. The smallest absolute Gasteiger partial charge is 0.349 e. The fourth-order valence-corrected chi connectivity index (χ4v) is 13.4. The van der Waals surface area contributed by atoms with Crippen molar-refractivity contribution in [3.63, 3.8) is 0 Å². The Morgan fingerprint density at radius 2 is 1.36 bits per heavy atom. The Morgan fingerprint density at radius 3 is 1.98 bits per heavy atom. The van der Waals surface area contributed by atoms with Gasteiger partial charge in [0.2, 0.25) is 12.2 Å².